The largest absolute Gasteiger partial charge is 0.369 e. The molecular weight excluding hydrogens is 430 g/mol. The number of aromatic amines is 1. The fourth-order valence-electron chi connectivity index (χ4n) is 4.00. The number of azo groups is 1. The quantitative estimate of drug-likeness (QED) is 0.357. The first kappa shape index (κ1) is 20.7. The molecule has 0 aliphatic carbocycles. The highest BCUT2D eigenvalue weighted by atomic mass is 32.2. The van der Waals surface area contributed by atoms with E-state index >= 15 is 0 Å². The Morgan fingerprint density at radius 2 is 2.03 bits per heavy atom. The van der Waals surface area contributed by atoms with Gasteiger partial charge in [0.05, 0.1) is 15.9 Å². The van der Waals surface area contributed by atoms with Crippen LogP contribution in [0.4, 0.5) is 5.95 Å². The number of nitrogen functional groups attached to an aromatic ring is 1. The summed E-state index contributed by atoms with van der Waals surface area (Å²) in [4.78, 5) is 11.9. The van der Waals surface area contributed by atoms with Crippen LogP contribution in [0.2, 0.25) is 0 Å². The topological polar surface area (TPSA) is 176 Å². The molecule has 1 unspecified atom stereocenters. The zero-order chi connectivity index (χ0) is 22.3. The molecule has 0 bridgehead atoms. The number of aromatic nitrogens is 2. The van der Waals surface area contributed by atoms with E-state index in [-0.39, 0.29) is 24.2 Å². The van der Waals surface area contributed by atoms with E-state index < -0.39 is 10.0 Å². The Labute approximate surface area is 184 Å². The summed E-state index contributed by atoms with van der Waals surface area (Å²) >= 11 is 0. The molecule has 2 aliphatic heterocycles. The second-order valence-corrected chi connectivity index (χ2v) is 9.38. The number of rotatable bonds is 7. The Hall–Kier alpha value is -3.19. The van der Waals surface area contributed by atoms with Gasteiger partial charge in [-0.2, -0.15) is 5.11 Å². The first-order chi connectivity index (χ1) is 15.5. The van der Waals surface area contributed by atoms with Gasteiger partial charge >= 0.3 is 0 Å². The molecule has 3 heterocycles. The lowest BCUT2D eigenvalue weighted by Gasteiger charge is -2.27. The smallest absolute Gasteiger partial charge is 0.240 e. The lowest BCUT2D eigenvalue weighted by Crippen LogP contribution is -2.50. The predicted molar refractivity (Wildman–Crippen MR) is 122 cm³/mol. The number of nitrogens with two attached hydrogens (primary N) is 2. The molecule has 2 aliphatic rings. The number of aliphatic imine (C=N–C) groups is 1. The van der Waals surface area contributed by atoms with Gasteiger partial charge in [-0.3, -0.25) is 0 Å². The Kier molecular flexibility index (Phi) is 5.21. The molecule has 5 rings (SSSR count). The van der Waals surface area contributed by atoms with Crippen molar-refractivity contribution in [2.24, 2.45) is 21.0 Å². The van der Waals surface area contributed by atoms with Gasteiger partial charge < -0.3 is 21.8 Å². The Balaban J connectivity index is 1.69. The van der Waals surface area contributed by atoms with Crippen molar-refractivity contribution in [2.45, 2.75) is 23.9 Å². The third-order valence-corrected chi connectivity index (χ3v) is 7.21. The van der Waals surface area contributed by atoms with E-state index in [2.05, 4.69) is 35.2 Å². The van der Waals surface area contributed by atoms with Gasteiger partial charge in [-0.1, -0.05) is 18.2 Å². The van der Waals surface area contributed by atoms with E-state index in [1.165, 1.54) is 0 Å². The number of para-hydroxylation sites is 1. The molecule has 166 valence electrons. The van der Waals surface area contributed by atoms with Crippen molar-refractivity contribution >= 4 is 32.8 Å². The number of H-pyrrole nitrogens is 1. The average Bonchev–Trinajstić information content (AvgIpc) is 3.40. The number of sulfonamides is 1. The molecule has 1 fully saturated rings. The van der Waals surface area contributed by atoms with Gasteiger partial charge in [0.15, 0.2) is 18.5 Å². The van der Waals surface area contributed by atoms with Crippen molar-refractivity contribution in [1.82, 2.24) is 20.0 Å². The molecule has 3 aromatic rings. The van der Waals surface area contributed by atoms with Gasteiger partial charge in [-0.05, 0) is 36.2 Å². The Bertz CT molecular complexity index is 1360. The minimum absolute atomic E-state index is 0.0195. The SMILES string of the molecule is NCc1c(S(=O)(=O)NCC2CCN2)ccc(-c2cccc3[nH]c(N)nc23)c1C1=NCN=N1. The molecule has 0 radical (unpaired) electrons. The third kappa shape index (κ3) is 3.56. The van der Waals surface area contributed by atoms with Crippen LogP contribution in [-0.4, -0.2) is 50.0 Å². The van der Waals surface area contributed by atoms with E-state index in [1.54, 1.807) is 12.1 Å². The molecule has 0 amide bonds. The maximum Gasteiger partial charge on any atom is 0.240 e. The Morgan fingerprint density at radius 1 is 1.19 bits per heavy atom. The van der Waals surface area contributed by atoms with Crippen LogP contribution in [0.3, 0.4) is 0 Å². The Morgan fingerprint density at radius 3 is 2.72 bits per heavy atom. The summed E-state index contributed by atoms with van der Waals surface area (Å²) in [7, 11) is -3.80. The van der Waals surface area contributed by atoms with Crippen LogP contribution in [0.25, 0.3) is 22.2 Å². The van der Waals surface area contributed by atoms with E-state index in [1.807, 2.05) is 18.2 Å². The average molecular weight is 454 g/mol. The normalized spacial score (nSPS) is 18.2. The molecule has 12 heteroatoms. The van der Waals surface area contributed by atoms with Crippen LogP contribution in [0.1, 0.15) is 17.5 Å². The highest BCUT2D eigenvalue weighted by Crippen LogP contribution is 2.35. The second-order valence-electron chi connectivity index (χ2n) is 7.65. The van der Waals surface area contributed by atoms with Gasteiger partial charge in [0, 0.05) is 30.3 Å². The van der Waals surface area contributed by atoms with E-state index in [4.69, 9.17) is 11.5 Å². The number of hydrogen-bond acceptors (Lipinski definition) is 9. The third-order valence-electron chi connectivity index (χ3n) is 5.70. The van der Waals surface area contributed by atoms with E-state index in [0.717, 1.165) is 24.0 Å². The highest BCUT2D eigenvalue weighted by molar-refractivity contribution is 7.89. The maximum atomic E-state index is 13.2. The number of benzene rings is 2. The number of amidine groups is 1. The van der Waals surface area contributed by atoms with Gasteiger partial charge in [0.2, 0.25) is 10.0 Å². The molecule has 32 heavy (non-hydrogen) atoms. The molecule has 11 nitrogen and oxygen atoms in total. The van der Waals surface area contributed by atoms with Gasteiger partial charge in [0.1, 0.15) is 0 Å². The molecule has 1 aromatic heterocycles. The monoisotopic (exact) mass is 453 g/mol. The summed E-state index contributed by atoms with van der Waals surface area (Å²) < 4.78 is 29.0. The molecule has 1 atom stereocenters. The standard InChI is InChI=1S/C20H23N9O2S/c21-8-14-16(32(30,31)26-9-11-6-7-23-11)5-4-12(17(14)19-24-10-25-29-19)13-2-1-3-15-18(13)28-20(22)27-15/h1-5,11,23,26H,6-10,21H2,(H3,22,27,28). The molecular formula is C20H23N9O2S. The fraction of sp³-hybridized carbons (Fsp3) is 0.300. The summed E-state index contributed by atoms with van der Waals surface area (Å²) in [6.07, 6.45) is 0.935. The van der Waals surface area contributed by atoms with E-state index in [9.17, 15) is 8.42 Å². The number of nitrogens with zero attached hydrogens (tertiary/aromatic N) is 4. The minimum Gasteiger partial charge on any atom is -0.369 e. The lowest BCUT2D eigenvalue weighted by atomic mass is 9.93. The van der Waals surface area contributed by atoms with Gasteiger partial charge in [-0.15, -0.1) is 5.11 Å². The highest BCUT2D eigenvalue weighted by Gasteiger charge is 2.28. The number of nitrogens with one attached hydrogen (secondary N) is 3. The molecule has 0 spiro atoms. The van der Waals surface area contributed by atoms with Crippen LogP contribution in [0.5, 0.6) is 0 Å². The molecule has 0 saturated carbocycles. The van der Waals surface area contributed by atoms with Gasteiger partial charge in [-0.25, -0.2) is 23.1 Å². The summed E-state index contributed by atoms with van der Waals surface area (Å²) in [5, 5.41) is 11.3. The summed E-state index contributed by atoms with van der Waals surface area (Å²) in [6, 6.07) is 9.08. The van der Waals surface area contributed by atoms with Crippen LogP contribution in [0.15, 0.2) is 50.4 Å². The predicted octanol–water partition coefficient (Wildman–Crippen LogP) is 1.08. The summed E-state index contributed by atoms with van der Waals surface area (Å²) in [5.41, 5.74) is 15.8. The molecule has 7 N–H and O–H groups in total. The first-order valence-corrected chi connectivity index (χ1v) is 11.7. The lowest BCUT2D eigenvalue weighted by molar-refractivity contribution is 0.369. The van der Waals surface area contributed by atoms with Crippen LogP contribution in [0, 0.1) is 0 Å². The van der Waals surface area contributed by atoms with Gasteiger partial charge in [0.25, 0.3) is 0 Å². The zero-order valence-electron chi connectivity index (χ0n) is 17.2. The van der Waals surface area contributed by atoms with E-state index in [0.29, 0.717) is 40.5 Å². The number of fused-ring (bicyclic) bond motifs is 1. The van der Waals surface area contributed by atoms with Crippen LogP contribution in [-0.2, 0) is 16.6 Å². The molecule has 2 aromatic carbocycles. The number of hydrogen-bond donors (Lipinski definition) is 5. The summed E-state index contributed by atoms with van der Waals surface area (Å²) in [6.45, 7) is 1.37. The van der Waals surface area contributed by atoms with Crippen molar-refractivity contribution in [1.29, 1.82) is 0 Å². The minimum atomic E-state index is -3.80. The van der Waals surface area contributed by atoms with Crippen molar-refractivity contribution in [2.75, 3.05) is 25.5 Å². The summed E-state index contributed by atoms with van der Waals surface area (Å²) in [5.74, 6) is 0.637. The maximum absolute atomic E-state index is 13.2. The van der Waals surface area contributed by atoms with Crippen molar-refractivity contribution in [3.05, 3.63) is 41.5 Å². The fourth-order valence-corrected chi connectivity index (χ4v) is 5.33. The number of anilines is 1. The first-order valence-electron chi connectivity index (χ1n) is 10.2. The second kappa shape index (κ2) is 8.06. The molecule has 1 saturated heterocycles. The van der Waals surface area contributed by atoms with Crippen molar-refractivity contribution < 1.29 is 8.42 Å². The number of imidazole rings is 1. The van der Waals surface area contributed by atoms with Crippen molar-refractivity contribution in [3.8, 4) is 11.1 Å². The van der Waals surface area contributed by atoms with Crippen LogP contribution < -0.4 is 21.5 Å². The zero-order valence-corrected chi connectivity index (χ0v) is 18.0. The van der Waals surface area contributed by atoms with Crippen molar-refractivity contribution in [3.63, 3.8) is 0 Å². The van der Waals surface area contributed by atoms with Crippen LogP contribution >= 0.6 is 0 Å².